The van der Waals surface area contributed by atoms with Crippen LogP contribution in [0.25, 0.3) is 0 Å². The van der Waals surface area contributed by atoms with Gasteiger partial charge in [-0.15, -0.1) is 0 Å². The number of carbonyl (C=O) groups is 3. The van der Waals surface area contributed by atoms with Gasteiger partial charge in [-0.1, -0.05) is 71.6 Å². The number of carbonyl (C=O) groups excluding carboxylic acids is 3. The van der Waals surface area contributed by atoms with Gasteiger partial charge in [-0.05, 0) is 25.2 Å². The van der Waals surface area contributed by atoms with Gasteiger partial charge >= 0.3 is 0 Å². The number of fused-ring (bicyclic) bond motifs is 2. The minimum atomic E-state index is -0.771. The minimum absolute atomic E-state index is 0.0691. The molecule has 1 aromatic heterocycles. The highest BCUT2D eigenvalue weighted by Crippen LogP contribution is 2.19. The highest BCUT2D eigenvalue weighted by molar-refractivity contribution is 5.96. The molecule has 2 amide bonds. The van der Waals surface area contributed by atoms with Crippen molar-refractivity contribution in [2.24, 2.45) is 5.92 Å². The van der Waals surface area contributed by atoms with Gasteiger partial charge in [0, 0.05) is 0 Å². The number of rotatable bonds is 5. The molecule has 184 valence electrons. The number of aliphatic hydroxyl groups is 1. The van der Waals surface area contributed by atoms with Crippen LogP contribution in [0.4, 0.5) is 0 Å². The Morgan fingerprint density at radius 1 is 1.09 bits per heavy atom. The lowest BCUT2D eigenvalue weighted by atomic mass is 10.0. The number of hydrogen-bond acceptors (Lipinski definition) is 6. The van der Waals surface area contributed by atoms with Crippen LogP contribution < -0.4 is 10.6 Å². The molecule has 1 aliphatic rings. The van der Waals surface area contributed by atoms with Gasteiger partial charge in [0.1, 0.15) is 18.0 Å². The average molecular weight is 461 g/mol. The molecule has 0 spiro atoms. The normalized spacial score (nSPS) is 22.5. The molecular formula is C25H40N4O4. The summed E-state index contributed by atoms with van der Waals surface area (Å²) in [5.41, 5.74) is 0.433. The van der Waals surface area contributed by atoms with Crippen LogP contribution in [-0.2, 0) is 9.59 Å². The van der Waals surface area contributed by atoms with E-state index in [1.165, 1.54) is 25.2 Å². The monoisotopic (exact) mass is 460 g/mol. The third-order valence-corrected chi connectivity index (χ3v) is 6.04. The Labute approximate surface area is 197 Å². The van der Waals surface area contributed by atoms with Crippen molar-refractivity contribution in [3.63, 3.8) is 0 Å². The summed E-state index contributed by atoms with van der Waals surface area (Å²) in [7, 11) is 0. The van der Waals surface area contributed by atoms with Crippen LogP contribution in [0.2, 0.25) is 0 Å². The first kappa shape index (κ1) is 26.9. The van der Waals surface area contributed by atoms with Crippen LogP contribution in [0.3, 0.4) is 0 Å². The molecule has 3 unspecified atom stereocenters. The van der Waals surface area contributed by atoms with E-state index in [-0.39, 0.29) is 17.5 Å². The van der Waals surface area contributed by atoms with Crippen LogP contribution in [0.1, 0.15) is 113 Å². The van der Waals surface area contributed by atoms with Crippen LogP contribution in [0.15, 0.2) is 12.4 Å². The quantitative estimate of drug-likeness (QED) is 0.577. The van der Waals surface area contributed by atoms with Crippen LogP contribution >= 0.6 is 0 Å². The van der Waals surface area contributed by atoms with Gasteiger partial charge in [-0.25, -0.2) is 4.98 Å². The van der Waals surface area contributed by atoms with E-state index in [2.05, 4.69) is 20.6 Å². The first-order valence-corrected chi connectivity index (χ1v) is 12.5. The van der Waals surface area contributed by atoms with Crippen molar-refractivity contribution in [2.75, 3.05) is 0 Å². The predicted octanol–water partition coefficient (Wildman–Crippen LogP) is 3.64. The molecule has 1 aromatic rings. The predicted molar refractivity (Wildman–Crippen MR) is 126 cm³/mol. The second-order valence-corrected chi connectivity index (χ2v) is 9.51. The molecule has 0 saturated heterocycles. The fourth-order valence-electron chi connectivity index (χ4n) is 4.16. The zero-order valence-electron chi connectivity index (χ0n) is 20.1. The number of aliphatic hydroxyl groups excluding tert-OH is 1. The summed E-state index contributed by atoms with van der Waals surface area (Å²) in [4.78, 5) is 45.6. The van der Waals surface area contributed by atoms with Crippen molar-refractivity contribution in [3.05, 3.63) is 23.8 Å². The molecule has 2 rings (SSSR count). The van der Waals surface area contributed by atoms with Crippen molar-refractivity contribution >= 4 is 18.1 Å². The Kier molecular flexibility index (Phi) is 12.0. The standard InChI is InChI=1S/C25H40N4O4/c1-18(2)14-19(17-30)27-24(32)20-12-10-8-6-4-3-5-7-9-11-13-23(31)21-15-26-16-22(28-21)25(33)29-20/h15-20,23,31H,3-14H2,1-2H3,(H,27,32)(H,29,33). The Balaban J connectivity index is 2.14. The summed E-state index contributed by atoms with van der Waals surface area (Å²) in [6, 6.07) is -1.35. The van der Waals surface area contributed by atoms with Gasteiger partial charge in [0.05, 0.1) is 30.2 Å². The molecule has 2 bridgehead atoms. The fraction of sp³-hybridized carbons (Fsp3) is 0.720. The second-order valence-electron chi connectivity index (χ2n) is 9.51. The van der Waals surface area contributed by atoms with E-state index in [1.807, 2.05) is 13.8 Å². The third-order valence-electron chi connectivity index (χ3n) is 6.04. The molecule has 0 aromatic carbocycles. The number of nitrogens with zero attached hydrogens (tertiary/aromatic N) is 2. The molecule has 0 fully saturated rings. The summed E-state index contributed by atoms with van der Waals surface area (Å²) in [5, 5.41) is 16.0. The van der Waals surface area contributed by atoms with Gasteiger partial charge in [0.2, 0.25) is 5.91 Å². The van der Waals surface area contributed by atoms with E-state index in [0.717, 1.165) is 51.2 Å². The zero-order valence-corrected chi connectivity index (χ0v) is 20.1. The van der Waals surface area contributed by atoms with Crippen LogP contribution in [-0.4, -0.2) is 45.3 Å². The summed E-state index contributed by atoms with van der Waals surface area (Å²) in [5.74, 6) is -0.617. The first-order chi connectivity index (χ1) is 15.9. The maximum Gasteiger partial charge on any atom is 0.272 e. The molecule has 33 heavy (non-hydrogen) atoms. The van der Waals surface area contributed by atoms with Crippen molar-refractivity contribution < 1.29 is 19.5 Å². The van der Waals surface area contributed by atoms with E-state index in [9.17, 15) is 19.5 Å². The number of nitrogens with one attached hydrogen (secondary N) is 2. The summed E-state index contributed by atoms with van der Waals surface area (Å²) < 4.78 is 0. The van der Waals surface area contributed by atoms with E-state index in [1.54, 1.807) is 0 Å². The molecule has 3 atom stereocenters. The summed E-state index contributed by atoms with van der Waals surface area (Å²) >= 11 is 0. The topological polar surface area (TPSA) is 121 Å². The first-order valence-electron chi connectivity index (χ1n) is 12.5. The Bertz CT molecular complexity index is 756. The van der Waals surface area contributed by atoms with E-state index >= 15 is 0 Å². The SMILES string of the molecule is CC(C)CC(C=O)NC(=O)C1CCCCCCCCCCCC(O)c2cncc(n2)C(=O)N1. The molecule has 1 aliphatic heterocycles. The Hall–Kier alpha value is -2.35. The number of aromatic nitrogens is 2. The minimum Gasteiger partial charge on any atom is -0.387 e. The highest BCUT2D eigenvalue weighted by atomic mass is 16.3. The second kappa shape index (κ2) is 14.7. The maximum absolute atomic E-state index is 12.9. The van der Waals surface area contributed by atoms with Gasteiger partial charge in [-0.2, -0.15) is 0 Å². The van der Waals surface area contributed by atoms with Gasteiger partial charge in [0.25, 0.3) is 5.91 Å². The number of hydrogen-bond donors (Lipinski definition) is 3. The summed E-state index contributed by atoms with van der Waals surface area (Å²) in [6.45, 7) is 3.97. The van der Waals surface area contributed by atoms with E-state index in [0.29, 0.717) is 25.0 Å². The number of amides is 2. The molecular weight excluding hydrogens is 420 g/mol. The zero-order chi connectivity index (χ0) is 24.1. The lowest BCUT2D eigenvalue weighted by Crippen LogP contribution is -2.50. The summed E-state index contributed by atoms with van der Waals surface area (Å²) in [6.07, 6.45) is 13.9. The van der Waals surface area contributed by atoms with Crippen LogP contribution in [0, 0.1) is 5.92 Å². The van der Waals surface area contributed by atoms with Gasteiger partial charge in [-0.3, -0.25) is 14.6 Å². The molecule has 0 aliphatic carbocycles. The molecule has 2 heterocycles. The highest BCUT2D eigenvalue weighted by Gasteiger charge is 2.25. The largest absolute Gasteiger partial charge is 0.387 e. The van der Waals surface area contributed by atoms with Crippen molar-refractivity contribution in [1.29, 1.82) is 0 Å². The fourth-order valence-corrected chi connectivity index (χ4v) is 4.16. The maximum atomic E-state index is 12.9. The smallest absolute Gasteiger partial charge is 0.272 e. The molecule has 3 N–H and O–H groups in total. The lowest BCUT2D eigenvalue weighted by molar-refractivity contribution is -0.126. The van der Waals surface area contributed by atoms with Gasteiger partial charge in [0.15, 0.2) is 0 Å². The molecule has 8 heteroatoms. The van der Waals surface area contributed by atoms with E-state index in [4.69, 9.17) is 0 Å². The Morgan fingerprint density at radius 2 is 1.70 bits per heavy atom. The average Bonchev–Trinajstić information content (AvgIpc) is 2.80. The van der Waals surface area contributed by atoms with Crippen LogP contribution in [0.5, 0.6) is 0 Å². The molecule has 0 radical (unpaired) electrons. The van der Waals surface area contributed by atoms with E-state index < -0.39 is 24.1 Å². The number of aldehydes is 1. The molecule has 8 nitrogen and oxygen atoms in total. The van der Waals surface area contributed by atoms with Gasteiger partial charge < -0.3 is 20.5 Å². The van der Waals surface area contributed by atoms with Crippen molar-refractivity contribution in [3.8, 4) is 0 Å². The lowest BCUT2D eigenvalue weighted by Gasteiger charge is -2.22. The Morgan fingerprint density at radius 3 is 2.30 bits per heavy atom. The third kappa shape index (κ3) is 9.98. The molecule has 0 saturated carbocycles. The van der Waals surface area contributed by atoms with Crippen molar-refractivity contribution in [1.82, 2.24) is 20.6 Å². The van der Waals surface area contributed by atoms with Crippen molar-refractivity contribution in [2.45, 2.75) is 109 Å².